The quantitative estimate of drug-likeness (QED) is 0.0394. The lowest BCUT2D eigenvalue weighted by Gasteiger charge is -2.18. The highest BCUT2D eigenvalue weighted by atomic mass is 16.5. The van der Waals surface area contributed by atoms with E-state index in [1.807, 2.05) is 0 Å². The number of carboxylic acids is 1. The van der Waals surface area contributed by atoms with Crippen LogP contribution in [0.2, 0.25) is 0 Å². The third-order valence-electron chi connectivity index (χ3n) is 9.55. The Morgan fingerprint density at radius 3 is 1.28 bits per heavy atom. The van der Waals surface area contributed by atoms with E-state index >= 15 is 0 Å². The fourth-order valence-electron chi connectivity index (χ4n) is 6.35. The van der Waals surface area contributed by atoms with Crippen molar-refractivity contribution in [2.45, 2.75) is 232 Å². The number of hydrogen-bond acceptors (Lipinski definition) is 3. The Kier molecular flexibility index (Phi) is 39.6. The molecule has 0 spiro atoms. The molecule has 0 bridgehead atoms. The van der Waals surface area contributed by atoms with Crippen LogP contribution < -0.4 is 0 Å². The van der Waals surface area contributed by atoms with E-state index in [9.17, 15) is 9.59 Å². The molecule has 4 nitrogen and oxygen atoms in total. The van der Waals surface area contributed by atoms with Crippen LogP contribution in [0.3, 0.4) is 0 Å². The Morgan fingerprint density at radius 1 is 0.440 bits per heavy atom. The van der Waals surface area contributed by atoms with Crippen molar-refractivity contribution in [1.29, 1.82) is 0 Å². The number of unbranched alkanes of at least 4 members (excludes halogenated alkanes) is 22. The SMILES string of the molecule is CCCCC/C=C\C/C=C\C/C=C\C/C=C\CCCCCCCC(=O)OC(CCCCCCCCCCCCCCCCC)CCCC(=O)O. The predicted molar refractivity (Wildman–Crippen MR) is 218 cm³/mol. The summed E-state index contributed by atoms with van der Waals surface area (Å²) in [6.07, 6.45) is 55.6. The van der Waals surface area contributed by atoms with Gasteiger partial charge in [-0.3, -0.25) is 9.59 Å². The summed E-state index contributed by atoms with van der Waals surface area (Å²) in [4.78, 5) is 23.6. The van der Waals surface area contributed by atoms with Crippen LogP contribution in [0, 0.1) is 0 Å². The van der Waals surface area contributed by atoms with Crippen LogP contribution in [0.15, 0.2) is 48.6 Å². The zero-order chi connectivity index (χ0) is 36.4. The van der Waals surface area contributed by atoms with E-state index in [2.05, 4.69) is 62.5 Å². The molecule has 0 amide bonds. The van der Waals surface area contributed by atoms with Crippen molar-refractivity contribution in [1.82, 2.24) is 0 Å². The molecule has 4 heteroatoms. The number of esters is 1. The number of hydrogen-bond donors (Lipinski definition) is 1. The topological polar surface area (TPSA) is 63.6 Å². The molecule has 0 radical (unpaired) electrons. The Bertz CT molecular complexity index is 839. The normalized spacial score (nSPS) is 12.7. The molecule has 0 aromatic heterocycles. The van der Waals surface area contributed by atoms with Gasteiger partial charge in [0.2, 0.25) is 0 Å². The predicted octanol–water partition coefficient (Wildman–Crippen LogP) is 15.1. The molecule has 1 N–H and O–H groups in total. The number of carbonyl (C=O) groups excluding carboxylic acids is 1. The highest BCUT2D eigenvalue weighted by Gasteiger charge is 2.15. The Morgan fingerprint density at radius 2 is 0.800 bits per heavy atom. The summed E-state index contributed by atoms with van der Waals surface area (Å²) in [6, 6.07) is 0. The summed E-state index contributed by atoms with van der Waals surface area (Å²) in [5, 5.41) is 9.04. The molecule has 290 valence electrons. The van der Waals surface area contributed by atoms with Gasteiger partial charge in [-0.2, -0.15) is 0 Å². The van der Waals surface area contributed by atoms with Crippen LogP contribution in [-0.2, 0) is 14.3 Å². The lowest BCUT2D eigenvalue weighted by atomic mass is 10.0. The van der Waals surface area contributed by atoms with Gasteiger partial charge in [0.25, 0.3) is 0 Å². The monoisotopic (exact) mass is 699 g/mol. The number of aliphatic carboxylic acids is 1. The average Bonchev–Trinajstić information content (AvgIpc) is 3.10. The number of carboxylic acid groups (broad SMARTS) is 1. The van der Waals surface area contributed by atoms with E-state index in [0.29, 0.717) is 19.3 Å². The molecule has 0 fully saturated rings. The van der Waals surface area contributed by atoms with Gasteiger partial charge < -0.3 is 9.84 Å². The Hall–Kier alpha value is -2.10. The number of ether oxygens (including phenoxy) is 1. The molecule has 0 aromatic rings. The first kappa shape index (κ1) is 47.9. The van der Waals surface area contributed by atoms with E-state index in [-0.39, 0.29) is 18.5 Å². The third-order valence-corrected chi connectivity index (χ3v) is 9.55. The minimum atomic E-state index is -0.773. The van der Waals surface area contributed by atoms with Crippen molar-refractivity contribution >= 4 is 11.9 Å². The summed E-state index contributed by atoms with van der Waals surface area (Å²) in [5.74, 6) is -0.878. The molecule has 0 saturated heterocycles. The molecule has 1 unspecified atom stereocenters. The van der Waals surface area contributed by atoms with Gasteiger partial charge in [0, 0.05) is 12.8 Å². The summed E-state index contributed by atoms with van der Waals surface area (Å²) < 4.78 is 5.84. The van der Waals surface area contributed by atoms with Crippen molar-refractivity contribution in [3.8, 4) is 0 Å². The lowest BCUT2D eigenvalue weighted by Crippen LogP contribution is -2.18. The minimum absolute atomic E-state index is 0.104. The first-order valence-electron chi connectivity index (χ1n) is 21.6. The van der Waals surface area contributed by atoms with Gasteiger partial charge in [-0.25, -0.2) is 0 Å². The van der Waals surface area contributed by atoms with Crippen LogP contribution >= 0.6 is 0 Å². The maximum absolute atomic E-state index is 12.6. The van der Waals surface area contributed by atoms with Crippen LogP contribution in [0.4, 0.5) is 0 Å². The van der Waals surface area contributed by atoms with Gasteiger partial charge in [0.15, 0.2) is 0 Å². The van der Waals surface area contributed by atoms with E-state index in [0.717, 1.165) is 57.8 Å². The van der Waals surface area contributed by atoms with Crippen molar-refractivity contribution in [3.05, 3.63) is 48.6 Å². The molecule has 0 aliphatic carbocycles. The molecule has 0 rings (SSSR count). The van der Waals surface area contributed by atoms with E-state index in [4.69, 9.17) is 9.84 Å². The Balaban J connectivity index is 3.84. The van der Waals surface area contributed by atoms with Gasteiger partial charge in [0.05, 0.1) is 0 Å². The number of carbonyl (C=O) groups is 2. The molecule has 0 heterocycles. The van der Waals surface area contributed by atoms with Crippen LogP contribution in [-0.4, -0.2) is 23.1 Å². The fourth-order valence-corrected chi connectivity index (χ4v) is 6.35. The first-order chi connectivity index (χ1) is 24.6. The van der Waals surface area contributed by atoms with E-state index < -0.39 is 5.97 Å². The van der Waals surface area contributed by atoms with Crippen molar-refractivity contribution in [2.24, 2.45) is 0 Å². The second kappa shape index (κ2) is 41.3. The molecule has 1 atom stereocenters. The summed E-state index contributed by atoms with van der Waals surface area (Å²) in [7, 11) is 0. The second-order valence-corrected chi connectivity index (χ2v) is 14.5. The molecular formula is C46H82O4. The summed E-state index contributed by atoms with van der Waals surface area (Å²) in [6.45, 7) is 4.52. The number of rotatable bonds is 39. The molecule has 0 aliphatic heterocycles. The van der Waals surface area contributed by atoms with Gasteiger partial charge >= 0.3 is 11.9 Å². The first-order valence-corrected chi connectivity index (χ1v) is 21.6. The van der Waals surface area contributed by atoms with Gasteiger partial charge in [-0.1, -0.05) is 184 Å². The molecule has 0 aliphatic rings. The van der Waals surface area contributed by atoms with E-state index in [1.165, 1.54) is 128 Å². The summed E-state index contributed by atoms with van der Waals surface area (Å²) >= 11 is 0. The maximum Gasteiger partial charge on any atom is 0.306 e. The van der Waals surface area contributed by atoms with Gasteiger partial charge in [-0.05, 0) is 77.0 Å². The molecule has 0 aromatic carbocycles. The Labute approximate surface area is 311 Å². The molecular weight excluding hydrogens is 617 g/mol. The molecule has 50 heavy (non-hydrogen) atoms. The zero-order valence-corrected chi connectivity index (χ0v) is 33.2. The largest absolute Gasteiger partial charge is 0.481 e. The molecule has 0 saturated carbocycles. The lowest BCUT2D eigenvalue weighted by molar-refractivity contribution is -0.150. The summed E-state index contributed by atoms with van der Waals surface area (Å²) in [5.41, 5.74) is 0. The zero-order valence-electron chi connectivity index (χ0n) is 33.2. The van der Waals surface area contributed by atoms with Gasteiger partial charge in [-0.15, -0.1) is 0 Å². The minimum Gasteiger partial charge on any atom is -0.481 e. The third kappa shape index (κ3) is 40.3. The highest BCUT2D eigenvalue weighted by molar-refractivity contribution is 5.69. The smallest absolute Gasteiger partial charge is 0.306 e. The second-order valence-electron chi connectivity index (χ2n) is 14.5. The van der Waals surface area contributed by atoms with Crippen molar-refractivity contribution < 1.29 is 19.4 Å². The van der Waals surface area contributed by atoms with Crippen LogP contribution in [0.25, 0.3) is 0 Å². The van der Waals surface area contributed by atoms with Crippen LogP contribution in [0.5, 0.6) is 0 Å². The van der Waals surface area contributed by atoms with Crippen molar-refractivity contribution in [3.63, 3.8) is 0 Å². The van der Waals surface area contributed by atoms with Crippen molar-refractivity contribution in [2.75, 3.05) is 0 Å². The maximum atomic E-state index is 12.6. The highest BCUT2D eigenvalue weighted by Crippen LogP contribution is 2.18. The van der Waals surface area contributed by atoms with Gasteiger partial charge in [0.1, 0.15) is 6.10 Å². The van der Waals surface area contributed by atoms with Crippen LogP contribution in [0.1, 0.15) is 226 Å². The average molecular weight is 699 g/mol. The standard InChI is InChI=1S/C46H82O4/c1-3-5-7-9-11-13-15-17-19-20-21-22-23-24-26-28-30-32-34-36-38-43-46(49)50-44(41-39-42-45(47)48)40-37-35-33-31-29-27-25-18-16-14-12-10-8-6-4-2/h11,13,17,19,21-22,24,26,44H,3-10,12,14-16,18,20,23,25,27-43H2,1-2H3,(H,47,48)/b13-11-,19-17-,22-21-,26-24-. The number of allylic oxidation sites excluding steroid dienone is 8. The van der Waals surface area contributed by atoms with E-state index in [1.54, 1.807) is 0 Å². The fraction of sp³-hybridized carbons (Fsp3) is 0.783.